The molecule has 0 bridgehead atoms. The van der Waals surface area contributed by atoms with Crippen molar-refractivity contribution < 1.29 is 14.3 Å². The minimum atomic E-state index is -0.487. The van der Waals surface area contributed by atoms with Crippen LogP contribution >= 0.6 is 0 Å². The van der Waals surface area contributed by atoms with Crippen molar-refractivity contribution in [2.45, 2.75) is 58.2 Å². The number of aromatic nitrogens is 2. The van der Waals surface area contributed by atoms with Gasteiger partial charge >= 0.3 is 6.09 Å². The number of piperidine rings is 1. The smallest absolute Gasteiger partial charge is 0.410 e. The normalized spacial score (nSPS) is 16.2. The average molecular weight is 450 g/mol. The molecule has 1 aliphatic rings. The highest BCUT2D eigenvalue weighted by Gasteiger charge is 2.38. The lowest BCUT2D eigenvalue weighted by atomic mass is 9.73. The summed E-state index contributed by atoms with van der Waals surface area (Å²) < 4.78 is 13.9. The van der Waals surface area contributed by atoms with Gasteiger partial charge in [-0.3, -0.25) is 4.68 Å². The van der Waals surface area contributed by atoms with Gasteiger partial charge in [0.2, 0.25) is 0 Å². The van der Waals surface area contributed by atoms with Gasteiger partial charge in [-0.05, 0) is 57.7 Å². The van der Waals surface area contributed by atoms with E-state index in [1.807, 2.05) is 49.7 Å². The van der Waals surface area contributed by atoms with Crippen molar-refractivity contribution in [3.05, 3.63) is 65.4 Å². The number of aryl methyl sites for hydroxylation is 2. The zero-order valence-electron chi connectivity index (χ0n) is 20.4. The summed E-state index contributed by atoms with van der Waals surface area (Å²) in [5, 5.41) is 5.56. The largest absolute Gasteiger partial charge is 0.444 e. The molecule has 176 valence electrons. The molecule has 1 saturated heterocycles. The fourth-order valence-electron chi connectivity index (χ4n) is 4.80. The molecule has 4 rings (SSSR count). The van der Waals surface area contributed by atoms with Crippen LogP contribution in [0.4, 0.5) is 4.79 Å². The molecule has 0 atom stereocenters. The van der Waals surface area contributed by atoms with Crippen molar-refractivity contribution >= 4 is 17.0 Å². The zero-order valence-corrected chi connectivity index (χ0v) is 20.4. The van der Waals surface area contributed by atoms with Crippen molar-refractivity contribution in [3.8, 4) is 0 Å². The molecule has 0 N–H and O–H groups in total. The summed E-state index contributed by atoms with van der Waals surface area (Å²) in [5.41, 5.74) is 4.13. The molecule has 1 aromatic heterocycles. The van der Waals surface area contributed by atoms with E-state index in [4.69, 9.17) is 9.47 Å². The maximum atomic E-state index is 12.6. The molecule has 0 unspecified atom stereocenters. The van der Waals surface area contributed by atoms with Gasteiger partial charge in [-0.25, -0.2) is 4.79 Å². The van der Waals surface area contributed by atoms with E-state index in [-0.39, 0.29) is 11.5 Å². The quantitative estimate of drug-likeness (QED) is 0.526. The number of hydrogen-bond donors (Lipinski definition) is 0. The Hall–Kier alpha value is -2.86. The first-order chi connectivity index (χ1) is 15.7. The van der Waals surface area contributed by atoms with Crippen LogP contribution in [0.15, 0.2) is 48.7 Å². The molecule has 0 saturated carbocycles. The molecular formula is C27H35N3O3. The first kappa shape index (κ1) is 23.3. The number of rotatable bonds is 5. The second kappa shape index (κ2) is 9.18. The van der Waals surface area contributed by atoms with Crippen LogP contribution in [0.2, 0.25) is 0 Å². The summed E-state index contributed by atoms with van der Waals surface area (Å²) in [6, 6.07) is 14.9. The SMILES string of the molecule is Cc1cc(COCC2(c3ccccc3)CCN(C(=O)OC(C)(C)C)CC2)c2c(cnn2C)c1. The predicted molar refractivity (Wildman–Crippen MR) is 130 cm³/mol. The average Bonchev–Trinajstić information content (AvgIpc) is 3.14. The Balaban J connectivity index is 1.49. The van der Waals surface area contributed by atoms with Gasteiger partial charge in [0.15, 0.2) is 0 Å². The highest BCUT2D eigenvalue weighted by Crippen LogP contribution is 2.37. The van der Waals surface area contributed by atoms with Crippen LogP contribution in [0, 0.1) is 6.92 Å². The molecule has 6 heteroatoms. The van der Waals surface area contributed by atoms with Crippen molar-refractivity contribution in [2.75, 3.05) is 19.7 Å². The molecule has 2 aromatic carbocycles. The second-order valence-electron chi connectivity index (χ2n) is 10.2. The molecular weight excluding hydrogens is 414 g/mol. The summed E-state index contributed by atoms with van der Waals surface area (Å²) in [7, 11) is 1.97. The predicted octanol–water partition coefficient (Wildman–Crippen LogP) is 5.37. The molecule has 0 radical (unpaired) electrons. The number of benzene rings is 2. The number of likely N-dealkylation sites (tertiary alicyclic amines) is 1. The molecule has 1 aliphatic heterocycles. The van der Waals surface area contributed by atoms with Gasteiger partial charge in [-0.15, -0.1) is 0 Å². The lowest BCUT2D eigenvalue weighted by Crippen LogP contribution is -2.48. The van der Waals surface area contributed by atoms with E-state index in [0.29, 0.717) is 26.3 Å². The maximum Gasteiger partial charge on any atom is 0.410 e. The number of hydrogen-bond acceptors (Lipinski definition) is 4. The van der Waals surface area contributed by atoms with Gasteiger partial charge in [0.1, 0.15) is 5.60 Å². The third-order valence-electron chi connectivity index (χ3n) is 6.45. The monoisotopic (exact) mass is 449 g/mol. The van der Waals surface area contributed by atoms with E-state index >= 15 is 0 Å². The Kier molecular flexibility index (Phi) is 6.48. The fraction of sp³-hybridized carbons (Fsp3) is 0.481. The second-order valence-corrected chi connectivity index (χ2v) is 10.2. The number of nitrogens with zero attached hydrogens (tertiary/aromatic N) is 3. The highest BCUT2D eigenvalue weighted by atomic mass is 16.6. The molecule has 1 amide bonds. The minimum Gasteiger partial charge on any atom is -0.444 e. The van der Waals surface area contributed by atoms with Crippen molar-refractivity contribution in [2.24, 2.45) is 7.05 Å². The summed E-state index contributed by atoms with van der Waals surface area (Å²) in [4.78, 5) is 14.4. The summed E-state index contributed by atoms with van der Waals surface area (Å²) in [6.07, 6.45) is 3.35. The number of fused-ring (bicyclic) bond motifs is 1. The number of ether oxygens (including phenoxy) is 2. The third-order valence-corrected chi connectivity index (χ3v) is 6.45. The summed E-state index contributed by atoms with van der Waals surface area (Å²) >= 11 is 0. The Labute approximate surface area is 196 Å². The Bertz CT molecular complexity index is 1110. The Morgan fingerprint density at radius 1 is 1.12 bits per heavy atom. The van der Waals surface area contributed by atoms with Gasteiger partial charge in [0.05, 0.1) is 24.9 Å². The van der Waals surface area contributed by atoms with Crippen LogP contribution < -0.4 is 0 Å². The van der Waals surface area contributed by atoms with Crippen molar-refractivity contribution in [3.63, 3.8) is 0 Å². The first-order valence-electron chi connectivity index (χ1n) is 11.7. The molecule has 0 aliphatic carbocycles. The van der Waals surface area contributed by atoms with Crippen molar-refractivity contribution in [1.29, 1.82) is 0 Å². The van der Waals surface area contributed by atoms with E-state index < -0.39 is 5.60 Å². The summed E-state index contributed by atoms with van der Waals surface area (Å²) in [6.45, 7) is 10.3. The Morgan fingerprint density at radius 2 is 1.82 bits per heavy atom. The topological polar surface area (TPSA) is 56.6 Å². The molecule has 6 nitrogen and oxygen atoms in total. The molecule has 0 spiro atoms. The number of amides is 1. The Morgan fingerprint density at radius 3 is 2.48 bits per heavy atom. The van der Waals surface area contributed by atoms with E-state index in [1.54, 1.807) is 0 Å². The summed E-state index contributed by atoms with van der Waals surface area (Å²) in [5.74, 6) is 0. The standard InChI is InChI=1S/C27H35N3O3/c1-20-15-21-17-28-29(5)24(21)22(16-20)18-32-19-27(23-9-7-6-8-10-23)11-13-30(14-12-27)25(31)33-26(2,3)4/h6-10,15-17H,11-14,18-19H2,1-5H3. The van der Waals surface area contributed by atoms with E-state index in [9.17, 15) is 4.79 Å². The van der Waals surface area contributed by atoms with Crippen LogP contribution in [0.3, 0.4) is 0 Å². The molecule has 3 aromatic rings. The van der Waals surface area contributed by atoms with E-state index in [1.165, 1.54) is 11.1 Å². The van der Waals surface area contributed by atoms with Crippen LogP contribution in [0.5, 0.6) is 0 Å². The van der Waals surface area contributed by atoms with Gasteiger partial charge in [-0.2, -0.15) is 5.10 Å². The number of carbonyl (C=O) groups excluding carboxylic acids is 1. The molecule has 2 heterocycles. The van der Waals surface area contributed by atoms with Crippen molar-refractivity contribution in [1.82, 2.24) is 14.7 Å². The molecule has 1 fully saturated rings. The lowest BCUT2D eigenvalue weighted by molar-refractivity contribution is 0.00341. The van der Waals surface area contributed by atoms with Crippen LogP contribution in [-0.4, -0.2) is 46.1 Å². The molecule has 33 heavy (non-hydrogen) atoms. The first-order valence-corrected chi connectivity index (χ1v) is 11.7. The highest BCUT2D eigenvalue weighted by molar-refractivity contribution is 5.82. The van der Waals surface area contributed by atoms with Gasteiger partial charge in [0.25, 0.3) is 0 Å². The lowest BCUT2D eigenvalue weighted by Gasteiger charge is -2.42. The van der Waals surface area contributed by atoms with Gasteiger partial charge in [0, 0.05) is 36.5 Å². The maximum absolute atomic E-state index is 12.6. The van der Waals surface area contributed by atoms with Crippen LogP contribution in [0.1, 0.15) is 50.3 Å². The van der Waals surface area contributed by atoms with E-state index in [0.717, 1.165) is 29.3 Å². The van der Waals surface area contributed by atoms with Gasteiger partial charge < -0.3 is 14.4 Å². The zero-order chi connectivity index (χ0) is 23.6. The van der Waals surface area contributed by atoms with E-state index in [2.05, 4.69) is 48.4 Å². The van der Waals surface area contributed by atoms with Crippen LogP contribution in [-0.2, 0) is 28.5 Å². The van der Waals surface area contributed by atoms with Crippen LogP contribution in [0.25, 0.3) is 10.9 Å². The minimum absolute atomic E-state index is 0.130. The van der Waals surface area contributed by atoms with Gasteiger partial charge in [-0.1, -0.05) is 36.4 Å². The fourth-order valence-corrected chi connectivity index (χ4v) is 4.80. The number of carbonyl (C=O) groups is 1. The third kappa shape index (κ3) is 5.22.